The van der Waals surface area contributed by atoms with Crippen LogP contribution in [0.5, 0.6) is 0 Å². The second kappa shape index (κ2) is 5.44. The summed E-state index contributed by atoms with van der Waals surface area (Å²) in [5, 5.41) is 1.18. The number of anilines is 1. The summed E-state index contributed by atoms with van der Waals surface area (Å²) >= 11 is 1.81. The molecule has 2 aromatic heterocycles. The molecule has 4 rings (SSSR count). The lowest BCUT2D eigenvalue weighted by Gasteiger charge is -2.25. The van der Waals surface area contributed by atoms with Crippen LogP contribution in [0.15, 0.2) is 0 Å². The van der Waals surface area contributed by atoms with Crippen LogP contribution in [-0.2, 0) is 17.6 Å². The second-order valence-electron chi connectivity index (χ2n) is 6.88. The number of nitrogens with zero attached hydrogens (tertiary/aromatic N) is 3. The average molecular weight is 330 g/mol. The number of carbonyl (C=O) groups is 1. The van der Waals surface area contributed by atoms with Crippen LogP contribution in [0.1, 0.15) is 42.5 Å². The third-order valence-corrected chi connectivity index (χ3v) is 6.25. The lowest BCUT2D eigenvalue weighted by Crippen LogP contribution is -2.41. The predicted octanol–water partition coefficient (Wildman–Crippen LogP) is 2.58. The van der Waals surface area contributed by atoms with Gasteiger partial charge in [-0.25, -0.2) is 9.97 Å². The number of primary amides is 1. The predicted molar refractivity (Wildman–Crippen MR) is 92.9 cm³/mol. The van der Waals surface area contributed by atoms with Gasteiger partial charge in [0.05, 0.1) is 5.39 Å². The van der Waals surface area contributed by atoms with Crippen LogP contribution in [0.3, 0.4) is 0 Å². The Balaban J connectivity index is 1.90. The quantitative estimate of drug-likeness (QED) is 0.918. The van der Waals surface area contributed by atoms with E-state index in [1.165, 1.54) is 22.2 Å². The summed E-state index contributed by atoms with van der Waals surface area (Å²) in [5.41, 5.74) is 7.03. The molecule has 2 N–H and O–H groups in total. The van der Waals surface area contributed by atoms with E-state index in [1.807, 2.05) is 6.92 Å². The highest BCUT2D eigenvalue weighted by atomic mass is 32.1. The van der Waals surface area contributed by atoms with Gasteiger partial charge in [-0.2, -0.15) is 0 Å². The van der Waals surface area contributed by atoms with E-state index >= 15 is 0 Å². The molecular formula is C17H22N4OS. The highest BCUT2D eigenvalue weighted by Gasteiger charge is 2.33. The molecule has 1 aliphatic carbocycles. The molecular weight excluding hydrogens is 308 g/mol. The lowest BCUT2D eigenvalue weighted by atomic mass is 9.89. The van der Waals surface area contributed by atoms with Crippen molar-refractivity contribution in [1.82, 2.24) is 9.97 Å². The van der Waals surface area contributed by atoms with Gasteiger partial charge in [0.15, 0.2) is 0 Å². The van der Waals surface area contributed by atoms with E-state index in [2.05, 4.69) is 16.8 Å². The van der Waals surface area contributed by atoms with Crippen molar-refractivity contribution in [2.75, 3.05) is 11.4 Å². The molecule has 6 heteroatoms. The number of amides is 1. The third kappa shape index (κ3) is 2.40. The smallest absolute Gasteiger partial charge is 0.240 e. The van der Waals surface area contributed by atoms with Crippen LogP contribution in [0, 0.1) is 12.8 Å². The van der Waals surface area contributed by atoms with Crippen molar-refractivity contribution in [3.63, 3.8) is 0 Å². The number of thiophene rings is 1. The fraction of sp³-hybridized carbons (Fsp3) is 0.588. The largest absolute Gasteiger partial charge is 0.368 e. The first-order chi connectivity index (χ1) is 11.0. The van der Waals surface area contributed by atoms with Crippen molar-refractivity contribution in [2.24, 2.45) is 11.7 Å². The first-order valence-electron chi connectivity index (χ1n) is 8.39. The second-order valence-corrected chi connectivity index (χ2v) is 7.96. The molecule has 0 bridgehead atoms. The summed E-state index contributed by atoms with van der Waals surface area (Å²) in [4.78, 5) is 25.9. The Morgan fingerprint density at radius 2 is 2.17 bits per heavy atom. The first kappa shape index (κ1) is 14.9. The summed E-state index contributed by atoms with van der Waals surface area (Å²) in [7, 11) is 0. The monoisotopic (exact) mass is 330 g/mol. The van der Waals surface area contributed by atoms with Gasteiger partial charge < -0.3 is 10.6 Å². The summed E-state index contributed by atoms with van der Waals surface area (Å²) < 4.78 is 0. The van der Waals surface area contributed by atoms with Gasteiger partial charge in [-0.05, 0) is 50.5 Å². The van der Waals surface area contributed by atoms with Gasteiger partial charge in [0.1, 0.15) is 22.5 Å². The Morgan fingerprint density at radius 1 is 1.35 bits per heavy atom. The minimum absolute atomic E-state index is 0.231. The van der Waals surface area contributed by atoms with Crippen molar-refractivity contribution >= 4 is 33.3 Å². The van der Waals surface area contributed by atoms with Crippen LogP contribution in [0.25, 0.3) is 10.2 Å². The molecule has 0 saturated carbocycles. The van der Waals surface area contributed by atoms with Crippen LogP contribution >= 0.6 is 11.3 Å². The molecule has 1 amide bonds. The number of hydrogen-bond acceptors (Lipinski definition) is 5. The minimum atomic E-state index is -0.246. The topological polar surface area (TPSA) is 72.1 Å². The maximum absolute atomic E-state index is 11.8. The van der Waals surface area contributed by atoms with Crippen LogP contribution in [0.2, 0.25) is 0 Å². The van der Waals surface area contributed by atoms with Gasteiger partial charge in [-0.3, -0.25) is 4.79 Å². The van der Waals surface area contributed by atoms with Crippen molar-refractivity contribution < 1.29 is 4.79 Å². The van der Waals surface area contributed by atoms with Gasteiger partial charge in [0.25, 0.3) is 0 Å². The van der Waals surface area contributed by atoms with Gasteiger partial charge in [-0.1, -0.05) is 6.92 Å². The molecule has 0 spiro atoms. The van der Waals surface area contributed by atoms with E-state index in [9.17, 15) is 4.79 Å². The molecule has 0 aromatic carbocycles. The Morgan fingerprint density at radius 3 is 2.96 bits per heavy atom. The van der Waals surface area contributed by atoms with E-state index in [1.54, 1.807) is 11.3 Å². The molecule has 23 heavy (non-hydrogen) atoms. The summed E-state index contributed by atoms with van der Waals surface area (Å²) in [6, 6.07) is -0.231. The lowest BCUT2D eigenvalue weighted by molar-refractivity contribution is -0.119. The molecule has 3 heterocycles. The zero-order valence-electron chi connectivity index (χ0n) is 13.6. The van der Waals surface area contributed by atoms with E-state index in [0.29, 0.717) is 0 Å². The van der Waals surface area contributed by atoms with E-state index in [4.69, 9.17) is 10.7 Å². The molecule has 2 atom stereocenters. The van der Waals surface area contributed by atoms with E-state index < -0.39 is 0 Å². The molecule has 2 unspecified atom stereocenters. The molecule has 1 aliphatic heterocycles. The number of aromatic nitrogens is 2. The molecule has 5 nitrogen and oxygen atoms in total. The Bertz CT molecular complexity index is 784. The summed E-state index contributed by atoms with van der Waals surface area (Å²) in [6.07, 6.45) is 5.25. The van der Waals surface area contributed by atoms with Gasteiger partial charge in [0, 0.05) is 11.4 Å². The van der Waals surface area contributed by atoms with Gasteiger partial charge in [0.2, 0.25) is 5.91 Å². The third-order valence-electron chi connectivity index (χ3n) is 5.10. The zero-order chi connectivity index (χ0) is 16.1. The fourth-order valence-electron chi connectivity index (χ4n) is 3.95. The van der Waals surface area contributed by atoms with Gasteiger partial charge >= 0.3 is 0 Å². The van der Waals surface area contributed by atoms with Crippen LogP contribution < -0.4 is 10.6 Å². The van der Waals surface area contributed by atoms with E-state index in [0.717, 1.165) is 54.6 Å². The molecule has 1 saturated heterocycles. The Labute approximate surface area is 139 Å². The molecule has 2 aromatic rings. The standard InChI is InChI=1S/C17H22N4OS/c1-9-5-6-11-13(8-9)23-17-14(11)16(19-10(2)20-17)21-7-3-4-12(21)15(18)22/h9,12H,3-8H2,1-2H3,(H2,18,22). The summed E-state index contributed by atoms with van der Waals surface area (Å²) in [6.45, 7) is 5.09. The molecule has 122 valence electrons. The number of carbonyl (C=O) groups excluding carboxylic acids is 1. The number of fused-ring (bicyclic) bond motifs is 3. The van der Waals surface area contributed by atoms with Crippen LogP contribution in [0.4, 0.5) is 5.82 Å². The van der Waals surface area contributed by atoms with Crippen LogP contribution in [-0.4, -0.2) is 28.5 Å². The van der Waals surface area contributed by atoms with Gasteiger partial charge in [-0.15, -0.1) is 11.3 Å². The highest BCUT2D eigenvalue weighted by Crippen LogP contribution is 2.42. The molecule has 2 aliphatic rings. The average Bonchev–Trinajstić information content (AvgIpc) is 3.09. The van der Waals surface area contributed by atoms with Crippen molar-refractivity contribution in [2.45, 2.75) is 52.0 Å². The molecule has 1 fully saturated rings. The number of hydrogen-bond donors (Lipinski definition) is 1. The molecule has 0 radical (unpaired) electrons. The maximum atomic E-state index is 11.8. The number of rotatable bonds is 2. The fourth-order valence-corrected chi connectivity index (χ4v) is 5.37. The SMILES string of the molecule is Cc1nc(N2CCCC2C(N)=O)c2c3c(sc2n1)CC(C)CC3. The summed E-state index contributed by atoms with van der Waals surface area (Å²) in [5.74, 6) is 2.19. The van der Waals surface area contributed by atoms with E-state index in [-0.39, 0.29) is 11.9 Å². The Hall–Kier alpha value is -1.69. The zero-order valence-corrected chi connectivity index (χ0v) is 14.4. The van der Waals surface area contributed by atoms with Crippen molar-refractivity contribution in [1.29, 1.82) is 0 Å². The number of nitrogens with two attached hydrogens (primary N) is 1. The van der Waals surface area contributed by atoms with Crippen molar-refractivity contribution in [3.05, 3.63) is 16.3 Å². The maximum Gasteiger partial charge on any atom is 0.240 e. The van der Waals surface area contributed by atoms with Crippen molar-refractivity contribution in [3.8, 4) is 0 Å². The number of aryl methyl sites for hydroxylation is 2. The normalized spacial score (nSPS) is 24.2. The highest BCUT2D eigenvalue weighted by molar-refractivity contribution is 7.19. The minimum Gasteiger partial charge on any atom is -0.368 e. The first-order valence-corrected chi connectivity index (χ1v) is 9.21. The Kier molecular flexibility index (Phi) is 3.52.